The van der Waals surface area contributed by atoms with Crippen LogP contribution >= 0.6 is 0 Å². The minimum atomic E-state index is 0.631. The summed E-state index contributed by atoms with van der Waals surface area (Å²) in [5.41, 5.74) is 8.20. The topological polar surface area (TPSA) is 66.7 Å². The highest BCUT2D eigenvalue weighted by molar-refractivity contribution is 6.01. The molecule has 33 heavy (non-hydrogen) atoms. The van der Waals surface area contributed by atoms with E-state index >= 15 is 0 Å². The molecule has 2 aromatic carbocycles. The quantitative estimate of drug-likeness (QED) is 0.352. The number of nitrogens with zero attached hydrogens (tertiary/aromatic N) is 3. The lowest BCUT2D eigenvalue weighted by atomic mass is 9.96. The zero-order valence-electron chi connectivity index (χ0n) is 19.2. The van der Waals surface area contributed by atoms with Crippen LogP contribution in [0.15, 0.2) is 60.9 Å². The Labute approximate surface area is 193 Å². The van der Waals surface area contributed by atoms with Gasteiger partial charge in [0, 0.05) is 78.2 Å². The molecular formula is C27H30N6. The van der Waals surface area contributed by atoms with E-state index in [9.17, 15) is 0 Å². The van der Waals surface area contributed by atoms with E-state index in [-0.39, 0.29) is 0 Å². The second kappa shape index (κ2) is 8.21. The first-order valence-corrected chi connectivity index (χ1v) is 11.8. The van der Waals surface area contributed by atoms with E-state index in [1.165, 1.54) is 27.8 Å². The van der Waals surface area contributed by atoms with Crippen molar-refractivity contribution in [2.75, 3.05) is 26.2 Å². The molecule has 3 N–H and O–H groups in total. The van der Waals surface area contributed by atoms with E-state index in [1.807, 2.05) is 12.4 Å². The lowest BCUT2D eigenvalue weighted by Crippen LogP contribution is -2.48. The van der Waals surface area contributed by atoms with Gasteiger partial charge in [0.25, 0.3) is 0 Å². The van der Waals surface area contributed by atoms with Crippen LogP contribution < -0.4 is 0 Å². The predicted molar refractivity (Wildman–Crippen MR) is 135 cm³/mol. The Morgan fingerprint density at radius 3 is 2.64 bits per heavy atom. The van der Waals surface area contributed by atoms with Crippen LogP contribution in [0.1, 0.15) is 19.5 Å². The fourth-order valence-electron chi connectivity index (χ4n) is 5.14. The van der Waals surface area contributed by atoms with Crippen LogP contribution in [0.25, 0.3) is 44.2 Å². The molecule has 6 heteroatoms. The van der Waals surface area contributed by atoms with Crippen LogP contribution in [0.3, 0.4) is 0 Å². The summed E-state index contributed by atoms with van der Waals surface area (Å²) in [6.45, 7) is 10.1. The monoisotopic (exact) mass is 438 g/mol. The largest absolute Gasteiger partial charge is 0.361 e. The maximum Gasteiger partial charge on any atom is 0.0663 e. The summed E-state index contributed by atoms with van der Waals surface area (Å²) in [4.78, 5) is 12.1. The van der Waals surface area contributed by atoms with E-state index in [2.05, 4.69) is 92.3 Å². The summed E-state index contributed by atoms with van der Waals surface area (Å²) in [7, 11) is 0. The Kier molecular flexibility index (Phi) is 5.04. The van der Waals surface area contributed by atoms with Crippen LogP contribution in [0, 0.1) is 0 Å². The molecule has 0 amide bonds. The number of aromatic amines is 3. The minimum Gasteiger partial charge on any atom is -0.361 e. The third-order valence-corrected chi connectivity index (χ3v) is 7.03. The molecule has 5 aromatic rings. The third-order valence-electron chi connectivity index (χ3n) is 7.03. The van der Waals surface area contributed by atoms with Crippen LogP contribution in [-0.4, -0.2) is 62.2 Å². The maximum absolute atomic E-state index is 4.34. The van der Waals surface area contributed by atoms with Crippen molar-refractivity contribution in [2.45, 2.75) is 26.4 Å². The molecule has 1 aliphatic rings. The Morgan fingerprint density at radius 2 is 1.79 bits per heavy atom. The van der Waals surface area contributed by atoms with Crippen LogP contribution in [-0.2, 0) is 6.54 Å². The standard InChI is InChI=1S/C27H30N6/c1-18(2)33-12-10-32(11-13-33)17-20-6-7-26(30-20)23-14-19(15-27-24(23)16-29-31-27)21-4-3-5-25-22(21)8-9-28-25/h3-9,14-16,18,28,30H,10-13,17H2,1-2H3,(H,29,31). The molecule has 1 saturated heterocycles. The molecule has 0 radical (unpaired) electrons. The van der Waals surface area contributed by atoms with Gasteiger partial charge in [0.05, 0.1) is 11.7 Å². The Hall–Kier alpha value is -3.35. The molecule has 0 saturated carbocycles. The molecule has 6 rings (SSSR count). The van der Waals surface area contributed by atoms with Crippen molar-refractivity contribution < 1.29 is 0 Å². The fraction of sp³-hybridized carbons (Fsp3) is 0.296. The van der Waals surface area contributed by atoms with Gasteiger partial charge in [-0.05, 0) is 61.4 Å². The first kappa shape index (κ1) is 20.3. The van der Waals surface area contributed by atoms with Crippen molar-refractivity contribution in [3.63, 3.8) is 0 Å². The normalized spacial score (nSPS) is 15.8. The first-order chi connectivity index (χ1) is 16.2. The van der Waals surface area contributed by atoms with Gasteiger partial charge in [0.2, 0.25) is 0 Å². The molecule has 1 aliphatic heterocycles. The maximum atomic E-state index is 4.34. The lowest BCUT2D eigenvalue weighted by Gasteiger charge is -2.36. The smallest absolute Gasteiger partial charge is 0.0663 e. The summed E-state index contributed by atoms with van der Waals surface area (Å²) in [5.74, 6) is 0. The Balaban J connectivity index is 1.32. The van der Waals surface area contributed by atoms with Gasteiger partial charge < -0.3 is 9.97 Å². The number of benzene rings is 2. The molecule has 0 bridgehead atoms. The molecule has 0 spiro atoms. The number of rotatable bonds is 5. The van der Waals surface area contributed by atoms with Crippen LogP contribution in [0.5, 0.6) is 0 Å². The van der Waals surface area contributed by atoms with Crippen molar-refractivity contribution in [3.05, 3.63) is 66.6 Å². The van der Waals surface area contributed by atoms with E-state index in [1.54, 1.807) is 0 Å². The van der Waals surface area contributed by atoms with Crippen LogP contribution in [0.4, 0.5) is 0 Å². The number of nitrogens with one attached hydrogen (secondary N) is 3. The summed E-state index contributed by atoms with van der Waals surface area (Å²) in [6, 6.07) is 18.1. The number of hydrogen-bond donors (Lipinski definition) is 3. The second-order valence-electron chi connectivity index (χ2n) is 9.40. The van der Waals surface area contributed by atoms with E-state index in [4.69, 9.17) is 0 Å². The highest BCUT2D eigenvalue weighted by atomic mass is 15.3. The van der Waals surface area contributed by atoms with Crippen LogP contribution in [0.2, 0.25) is 0 Å². The molecule has 0 unspecified atom stereocenters. The summed E-state index contributed by atoms with van der Waals surface area (Å²) in [5, 5.41) is 9.89. The first-order valence-electron chi connectivity index (χ1n) is 11.8. The fourth-order valence-corrected chi connectivity index (χ4v) is 5.14. The second-order valence-corrected chi connectivity index (χ2v) is 9.40. The third kappa shape index (κ3) is 3.75. The van der Waals surface area contributed by atoms with Gasteiger partial charge in [0.15, 0.2) is 0 Å². The SMILES string of the molecule is CC(C)N1CCN(Cc2ccc(-c3cc(-c4cccc5[nH]ccc45)cc4[nH]ncc34)[nH]2)CC1. The molecule has 6 nitrogen and oxygen atoms in total. The van der Waals surface area contributed by atoms with Crippen molar-refractivity contribution in [3.8, 4) is 22.4 Å². The van der Waals surface area contributed by atoms with Gasteiger partial charge in [-0.15, -0.1) is 0 Å². The average molecular weight is 439 g/mol. The van der Waals surface area contributed by atoms with Crippen molar-refractivity contribution in [1.82, 2.24) is 30.0 Å². The number of H-pyrrole nitrogens is 3. The van der Waals surface area contributed by atoms with Gasteiger partial charge >= 0.3 is 0 Å². The molecule has 4 heterocycles. The lowest BCUT2D eigenvalue weighted by molar-refractivity contribution is 0.103. The molecule has 0 aliphatic carbocycles. The summed E-state index contributed by atoms with van der Waals surface area (Å²) >= 11 is 0. The summed E-state index contributed by atoms with van der Waals surface area (Å²) < 4.78 is 0. The predicted octanol–water partition coefficient (Wildman–Crippen LogP) is 5.23. The van der Waals surface area contributed by atoms with Crippen molar-refractivity contribution in [2.24, 2.45) is 0 Å². The Bertz CT molecular complexity index is 1400. The van der Waals surface area contributed by atoms with Crippen molar-refractivity contribution in [1.29, 1.82) is 0 Å². The average Bonchev–Trinajstić information content (AvgIpc) is 3.59. The van der Waals surface area contributed by atoms with E-state index in [0.29, 0.717) is 6.04 Å². The number of aromatic nitrogens is 4. The zero-order valence-corrected chi connectivity index (χ0v) is 19.2. The van der Waals surface area contributed by atoms with Crippen molar-refractivity contribution >= 4 is 21.8 Å². The minimum absolute atomic E-state index is 0.631. The highest BCUT2D eigenvalue weighted by Crippen LogP contribution is 2.35. The number of piperazine rings is 1. The number of hydrogen-bond acceptors (Lipinski definition) is 3. The zero-order chi connectivity index (χ0) is 22.4. The van der Waals surface area contributed by atoms with Gasteiger partial charge in [-0.1, -0.05) is 12.1 Å². The highest BCUT2D eigenvalue weighted by Gasteiger charge is 2.19. The van der Waals surface area contributed by atoms with E-state index < -0.39 is 0 Å². The molecule has 1 fully saturated rings. The van der Waals surface area contributed by atoms with Gasteiger partial charge in [-0.3, -0.25) is 14.9 Å². The molecular weight excluding hydrogens is 408 g/mol. The Morgan fingerprint density at radius 1 is 0.909 bits per heavy atom. The molecule has 3 aromatic heterocycles. The molecule has 0 atom stereocenters. The van der Waals surface area contributed by atoms with Gasteiger partial charge in [0.1, 0.15) is 0 Å². The number of fused-ring (bicyclic) bond motifs is 2. The van der Waals surface area contributed by atoms with E-state index in [0.717, 1.165) is 54.8 Å². The molecule has 168 valence electrons. The summed E-state index contributed by atoms with van der Waals surface area (Å²) in [6.07, 6.45) is 3.93. The van der Waals surface area contributed by atoms with Gasteiger partial charge in [-0.25, -0.2) is 0 Å². The van der Waals surface area contributed by atoms with Gasteiger partial charge in [-0.2, -0.15) is 5.10 Å².